The molecule has 0 saturated heterocycles. The lowest BCUT2D eigenvalue weighted by Crippen LogP contribution is -2.15. The number of aryl methyl sites for hydroxylation is 1. The van der Waals surface area contributed by atoms with Gasteiger partial charge in [-0.2, -0.15) is 5.26 Å². The number of hydrogen-bond acceptors (Lipinski definition) is 3. The molecule has 1 aliphatic rings. The predicted molar refractivity (Wildman–Crippen MR) is 94.0 cm³/mol. The lowest BCUT2D eigenvalue weighted by atomic mass is 10.1. The Balaban J connectivity index is 1.81. The van der Waals surface area contributed by atoms with Crippen molar-refractivity contribution in [2.75, 3.05) is 5.32 Å². The van der Waals surface area contributed by atoms with Crippen molar-refractivity contribution in [2.24, 2.45) is 0 Å². The molecule has 1 amide bonds. The first-order valence-corrected chi connectivity index (χ1v) is 9.07. The van der Waals surface area contributed by atoms with E-state index in [9.17, 15) is 14.4 Å². The van der Waals surface area contributed by atoms with Gasteiger partial charge in [-0.3, -0.25) is 4.79 Å². The van der Waals surface area contributed by atoms with E-state index in [4.69, 9.17) is 11.6 Å². The Morgan fingerprint density at radius 2 is 2.12 bits per heavy atom. The van der Waals surface area contributed by atoms with E-state index in [1.165, 1.54) is 34.8 Å². The standard InChI is InChI=1S/C18H16ClFN2OS/c19-14-6-4-7-15(20)12(14)9-17(23)22-18-13(10-21)11-5-2-1-3-8-16(11)24-18/h4,6-7H,1-3,5,8-9H2,(H,22,23). The van der Waals surface area contributed by atoms with Crippen LogP contribution in [0.2, 0.25) is 5.02 Å². The smallest absolute Gasteiger partial charge is 0.229 e. The molecule has 0 radical (unpaired) electrons. The number of thiophene rings is 1. The summed E-state index contributed by atoms with van der Waals surface area (Å²) >= 11 is 7.43. The maximum atomic E-state index is 13.8. The highest BCUT2D eigenvalue weighted by atomic mass is 35.5. The van der Waals surface area contributed by atoms with Gasteiger partial charge in [0.25, 0.3) is 0 Å². The monoisotopic (exact) mass is 362 g/mol. The first-order chi connectivity index (χ1) is 11.6. The van der Waals surface area contributed by atoms with Gasteiger partial charge < -0.3 is 5.32 Å². The molecule has 0 fully saturated rings. The zero-order chi connectivity index (χ0) is 17.1. The molecule has 0 bridgehead atoms. The minimum Gasteiger partial charge on any atom is -0.316 e. The van der Waals surface area contributed by atoms with Gasteiger partial charge in [0.1, 0.15) is 16.9 Å². The number of rotatable bonds is 3. The molecule has 2 aromatic rings. The minimum atomic E-state index is -0.500. The van der Waals surface area contributed by atoms with Crippen molar-refractivity contribution in [3.63, 3.8) is 0 Å². The van der Waals surface area contributed by atoms with Crippen molar-refractivity contribution in [1.29, 1.82) is 5.26 Å². The summed E-state index contributed by atoms with van der Waals surface area (Å²) < 4.78 is 13.8. The van der Waals surface area contributed by atoms with Crippen LogP contribution < -0.4 is 5.32 Å². The number of fused-ring (bicyclic) bond motifs is 1. The molecule has 0 aliphatic heterocycles. The molecule has 124 valence electrons. The highest BCUT2D eigenvalue weighted by Crippen LogP contribution is 2.37. The van der Waals surface area contributed by atoms with Crippen LogP contribution in [0.25, 0.3) is 0 Å². The summed E-state index contributed by atoms with van der Waals surface area (Å²) in [6.45, 7) is 0. The summed E-state index contributed by atoms with van der Waals surface area (Å²) in [6, 6.07) is 6.56. The van der Waals surface area contributed by atoms with E-state index < -0.39 is 5.82 Å². The zero-order valence-electron chi connectivity index (χ0n) is 13.0. The van der Waals surface area contributed by atoms with Crippen molar-refractivity contribution in [3.8, 4) is 6.07 Å². The molecule has 1 aromatic heterocycles. The van der Waals surface area contributed by atoms with Crippen LogP contribution in [0.3, 0.4) is 0 Å². The molecule has 0 atom stereocenters. The number of nitrogens with one attached hydrogen (secondary N) is 1. The Labute approximate surface area is 149 Å². The number of benzene rings is 1. The molecule has 3 rings (SSSR count). The van der Waals surface area contributed by atoms with E-state index in [2.05, 4.69) is 11.4 Å². The summed E-state index contributed by atoms with van der Waals surface area (Å²) in [5.74, 6) is -0.866. The summed E-state index contributed by atoms with van der Waals surface area (Å²) in [7, 11) is 0. The summed E-state index contributed by atoms with van der Waals surface area (Å²) in [5.41, 5.74) is 1.80. The molecule has 1 aliphatic carbocycles. The number of halogens is 2. The van der Waals surface area contributed by atoms with Gasteiger partial charge in [-0.15, -0.1) is 11.3 Å². The molecule has 0 unspecified atom stereocenters. The number of nitrogens with zero attached hydrogens (tertiary/aromatic N) is 1. The zero-order valence-corrected chi connectivity index (χ0v) is 14.6. The number of hydrogen-bond donors (Lipinski definition) is 1. The van der Waals surface area contributed by atoms with Crippen LogP contribution in [-0.2, 0) is 24.1 Å². The molecule has 1 N–H and O–H groups in total. The number of anilines is 1. The normalized spacial score (nSPS) is 13.7. The van der Waals surface area contributed by atoms with Gasteiger partial charge in [0.05, 0.1) is 12.0 Å². The summed E-state index contributed by atoms with van der Waals surface area (Å²) in [5, 5.41) is 13.0. The first kappa shape index (κ1) is 16.9. The molecular formula is C18H16ClFN2OS. The fourth-order valence-electron chi connectivity index (χ4n) is 2.98. The van der Waals surface area contributed by atoms with Crippen molar-refractivity contribution in [2.45, 2.75) is 38.5 Å². The summed E-state index contributed by atoms with van der Waals surface area (Å²) in [4.78, 5) is 13.5. The number of nitriles is 1. The third-order valence-electron chi connectivity index (χ3n) is 4.19. The fourth-order valence-corrected chi connectivity index (χ4v) is 4.47. The van der Waals surface area contributed by atoms with Gasteiger partial charge >= 0.3 is 0 Å². The van der Waals surface area contributed by atoms with Crippen LogP contribution in [0.4, 0.5) is 9.39 Å². The van der Waals surface area contributed by atoms with Gasteiger partial charge in [-0.25, -0.2) is 4.39 Å². The lowest BCUT2D eigenvalue weighted by molar-refractivity contribution is -0.115. The van der Waals surface area contributed by atoms with Crippen LogP contribution >= 0.6 is 22.9 Å². The first-order valence-electron chi connectivity index (χ1n) is 7.87. The average molecular weight is 363 g/mol. The Morgan fingerprint density at radius 1 is 1.33 bits per heavy atom. The summed E-state index contributed by atoms with van der Waals surface area (Å²) in [6.07, 6.45) is 5.01. The molecule has 1 heterocycles. The Kier molecular flexibility index (Phi) is 5.17. The fraction of sp³-hybridized carbons (Fsp3) is 0.333. The van der Waals surface area contributed by atoms with Crippen molar-refractivity contribution in [3.05, 3.63) is 50.6 Å². The molecular weight excluding hydrogens is 347 g/mol. The topological polar surface area (TPSA) is 52.9 Å². The van der Waals surface area contributed by atoms with Gasteiger partial charge in [0, 0.05) is 15.5 Å². The van der Waals surface area contributed by atoms with Crippen molar-refractivity contribution < 1.29 is 9.18 Å². The lowest BCUT2D eigenvalue weighted by Gasteiger charge is -2.07. The number of carbonyl (C=O) groups excluding carboxylic acids is 1. The van der Waals surface area contributed by atoms with Crippen LogP contribution in [0, 0.1) is 17.1 Å². The highest BCUT2D eigenvalue weighted by molar-refractivity contribution is 7.16. The highest BCUT2D eigenvalue weighted by Gasteiger charge is 2.21. The van der Waals surface area contributed by atoms with Crippen LogP contribution in [-0.4, -0.2) is 5.91 Å². The second-order valence-electron chi connectivity index (χ2n) is 5.81. The van der Waals surface area contributed by atoms with E-state index in [1.807, 2.05) is 0 Å². The van der Waals surface area contributed by atoms with E-state index >= 15 is 0 Å². The molecule has 3 nitrogen and oxygen atoms in total. The SMILES string of the molecule is N#Cc1c(NC(=O)Cc2c(F)cccc2Cl)sc2c1CCCCC2. The molecule has 6 heteroatoms. The number of amides is 1. The number of carbonyl (C=O) groups is 1. The third kappa shape index (κ3) is 3.45. The van der Waals surface area contributed by atoms with Crippen LogP contribution in [0.15, 0.2) is 18.2 Å². The third-order valence-corrected chi connectivity index (χ3v) is 5.75. The van der Waals surface area contributed by atoms with Gasteiger partial charge in [-0.1, -0.05) is 24.1 Å². The van der Waals surface area contributed by atoms with Crippen molar-refractivity contribution >= 4 is 33.8 Å². The molecule has 0 spiro atoms. The van der Waals surface area contributed by atoms with E-state index in [-0.39, 0.29) is 22.9 Å². The van der Waals surface area contributed by atoms with Gasteiger partial charge in [-0.05, 0) is 43.4 Å². The maximum absolute atomic E-state index is 13.8. The second-order valence-corrected chi connectivity index (χ2v) is 7.32. The van der Waals surface area contributed by atoms with E-state index in [0.717, 1.165) is 31.2 Å². The van der Waals surface area contributed by atoms with Crippen LogP contribution in [0.1, 0.15) is 40.8 Å². The van der Waals surface area contributed by atoms with Gasteiger partial charge in [0.2, 0.25) is 5.91 Å². The van der Waals surface area contributed by atoms with E-state index in [1.54, 1.807) is 6.07 Å². The quantitative estimate of drug-likeness (QED) is 0.792. The maximum Gasteiger partial charge on any atom is 0.229 e. The predicted octanol–water partition coefficient (Wildman–Crippen LogP) is 4.86. The van der Waals surface area contributed by atoms with Gasteiger partial charge in [0.15, 0.2) is 0 Å². The molecule has 0 saturated carbocycles. The second kappa shape index (κ2) is 7.33. The Morgan fingerprint density at radius 3 is 2.88 bits per heavy atom. The largest absolute Gasteiger partial charge is 0.316 e. The Hall–Kier alpha value is -1.90. The van der Waals surface area contributed by atoms with Crippen molar-refractivity contribution in [1.82, 2.24) is 0 Å². The minimum absolute atomic E-state index is 0.154. The molecule has 24 heavy (non-hydrogen) atoms. The Bertz CT molecular complexity index is 805. The van der Waals surface area contributed by atoms with E-state index in [0.29, 0.717) is 10.6 Å². The molecule has 1 aromatic carbocycles. The average Bonchev–Trinajstić information content (AvgIpc) is 2.71. The van der Waals surface area contributed by atoms with Crippen LogP contribution in [0.5, 0.6) is 0 Å².